The summed E-state index contributed by atoms with van der Waals surface area (Å²) in [6, 6.07) is 3.94. The number of hydrogen-bond donors (Lipinski definition) is 1. The molecule has 0 aromatic carbocycles. The Kier molecular flexibility index (Phi) is 1.70. The summed E-state index contributed by atoms with van der Waals surface area (Å²) in [4.78, 5) is 7.52. The van der Waals surface area contributed by atoms with E-state index in [4.69, 9.17) is 12.2 Å². The Bertz CT molecular complexity index is 521. The van der Waals surface area contributed by atoms with E-state index in [1.54, 1.807) is 0 Å². The zero-order valence-corrected chi connectivity index (χ0v) is 8.55. The molecule has 1 aliphatic carbocycles. The molecule has 0 bridgehead atoms. The lowest BCUT2D eigenvalue weighted by atomic mass is 10.4. The Morgan fingerprint density at radius 1 is 1.57 bits per heavy atom. The van der Waals surface area contributed by atoms with Crippen molar-refractivity contribution in [2.45, 2.75) is 19.4 Å². The number of aromatic amines is 1. The first-order valence-corrected chi connectivity index (χ1v) is 5.29. The van der Waals surface area contributed by atoms with Crippen molar-refractivity contribution in [3.8, 4) is 0 Å². The highest BCUT2D eigenvalue weighted by atomic mass is 32.1. The molecule has 1 fully saturated rings. The van der Waals surface area contributed by atoms with Gasteiger partial charge >= 0.3 is 0 Å². The van der Waals surface area contributed by atoms with E-state index in [9.17, 15) is 0 Å². The molecule has 0 spiro atoms. The third-order valence-corrected chi connectivity index (χ3v) is 2.99. The number of H-pyrrole nitrogens is 1. The van der Waals surface area contributed by atoms with Gasteiger partial charge in [-0.2, -0.15) is 0 Å². The normalized spacial score (nSPS) is 16.3. The van der Waals surface area contributed by atoms with Crippen LogP contribution in [0.5, 0.6) is 0 Å². The van der Waals surface area contributed by atoms with Gasteiger partial charge in [-0.25, -0.2) is 4.98 Å². The van der Waals surface area contributed by atoms with Crippen molar-refractivity contribution < 1.29 is 0 Å². The van der Waals surface area contributed by atoms with Gasteiger partial charge in [0.05, 0.1) is 5.52 Å². The molecule has 0 saturated heterocycles. The molecule has 0 radical (unpaired) electrons. The third-order valence-electron chi connectivity index (χ3n) is 2.67. The minimum Gasteiger partial charge on any atom is -0.329 e. The molecule has 4 heteroatoms. The molecule has 2 aromatic heterocycles. The SMILES string of the molecule is S=c1[nH]c2cccnc2n1CC1CC1. The highest BCUT2D eigenvalue weighted by molar-refractivity contribution is 7.71. The number of aromatic nitrogens is 3. The summed E-state index contributed by atoms with van der Waals surface area (Å²) in [6.07, 6.45) is 4.48. The second kappa shape index (κ2) is 2.92. The maximum atomic E-state index is 5.27. The van der Waals surface area contributed by atoms with Gasteiger partial charge in [-0.05, 0) is 43.1 Å². The van der Waals surface area contributed by atoms with Crippen LogP contribution in [0.4, 0.5) is 0 Å². The van der Waals surface area contributed by atoms with Crippen LogP contribution in [0, 0.1) is 10.7 Å². The molecule has 3 nitrogen and oxygen atoms in total. The van der Waals surface area contributed by atoms with E-state index < -0.39 is 0 Å². The molecular formula is C10H11N3S. The fourth-order valence-electron chi connectivity index (χ4n) is 1.72. The van der Waals surface area contributed by atoms with E-state index in [0.29, 0.717) is 0 Å². The van der Waals surface area contributed by atoms with E-state index in [0.717, 1.165) is 28.4 Å². The molecule has 1 N–H and O–H groups in total. The second-order valence-corrected chi connectivity index (χ2v) is 4.25. The lowest BCUT2D eigenvalue weighted by Crippen LogP contribution is -2.00. The van der Waals surface area contributed by atoms with Gasteiger partial charge < -0.3 is 9.55 Å². The average Bonchev–Trinajstić information content (AvgIpc) is 2.93. The Labute approximate surface area is 86.8 Å². The summed E-state index contributed by atoms with van der Waals surface area (Å²) >= 11 is 5.27. The standard InChI is InChI=1S/C10H11N3S/c14-10-12-8-2-1-5-11-9(8)13(10)6-7-3-4-7/h1-2,5,7H,3-4,6H2,(H,12,14). The fourth-order valence-corrected chi connectivity index (χ4v) is 1.99. The molecule has 3 rings (SSSR count). The molecular weight excluding hydrogens is 194 g/mol. The molecule has 0 unspecified atom stereocenters. The molecule has 2 heterocycles. The van der Waals surface area contributed by atoms with Gasteiger partial charge in [0, 0.05) is 12.7 Å². The lowest BCUT2D eigenvalue weighted by molar-refractivity contribution is 0.631. The average molecular weight is 205 g/mol. The number of nitrogens with one attached hydrogen (secondary N) is 1. The van der Waals surface area contributed by atoms with E-state index in [2.05, 4.69) is 14.5 Å². The Hall–Kier alpha value is -1.16. The largest absolute Gasteiger partial charge is 0.329 e. The van der Waals surface area contributed by atoms with Crippen LogP contribution in [0.3, 0.4) is 0 Å². The maximum absolute atomic E-state index is 5.27. The molecule has 0 amide bonds. The van der Waals surface area contributed by atoms with Crippen LogP contribution in [0.15, 0.2) is 18.3 Å². The van der Waals surface area contributed by atoms with Crippen molar-refractivity contribution >= 4 is 23.4 Å². The predicted octanol–water partition coefficient (Wildman–Crippen LogP) is 2.50. The molecule has 1 saturated carbocycles. The number of rotatable bonds is 2. The summed E-state index contributed by atoms with van der Waals surface area (Å²) in [7, 11) is 0. The molecule has 0 aliphatic heterocycles. The van der Waals surface area contributed by atoms with Gasteiger partial charge in [-0.15, -0.1) is 0 Å². The first kappa shape index (κ1) is 8.17. The zero-order chi connectivity index (χ0) is 9.54. The Balaban J connectivity index is 2.18. The minimum atomic E-state index is 0.797. The molecule has 14 heavy (non-hydrogen) atoms. The van der Waals surface area contributed by atoms with E-state index in [-0.39, 0.29) is 0 Å². The van der Waals surface area contributed by atoms with Crippen molar-refractivity contribution in [1.29, 1.82) is 0 Å². The summed E-state index contributed by atoms with van der Waals surface area (Å²) in [5.41, 5.74) is 2.03. The second-order valence-electron chi connectivity index (χ2n) is 3.86. The Morgan fingerprint density at radius 3 is 3.21 bits per heavy atom. The van der Waals surface area contributed by atoms with Gasteiger partial charge in [0.1, 0.15) is 0 Å². The van der Waals surface area contributed by atoms with Crippen molar-refractivity contribution in [2.75, 3.05) is 0 Å². The molecule has 1 aliphatic rings. The van der Waals surface area contributed by atoms with Crippen LogP contribution in [-0.4, -0.2) is 14.5 Å². The topological polar surface area (TPSA) is 33.6 Å². The summed E-state index contributed by atoms with van der Waals surface area (Å²) in [6.45, 7) is 1.02. The summed E-state index contributed by atoms with van der Waals surface area (Å²) in [5.74, 6) is 0.822. The van der Waals surface area contributed by atoms with Crippen molar-refractivity contribution in [3.05, 3.63) is 23.1 Å². The predicted molar refractivity (Wildman–Crippen MR) is 57.6 cm³/mol. The first-order valence-electron chi connectivity index (χ1n) is 4.88. The smallest absolute Gasteiger partial charge is 0.179 e. The number of nitrogens with zero attached hydrogens (tertiary/aromatic N) is 2. The molecule has 72 valence electrons. The highest BCUT2D eigenvalue weighted by Crippen LogP contribution is 2.31. The number of hydrogen-bond acceptors (Lipinski definition) is 2. The van der Waals surface area contributed by atoms with E-state index in [1.807, 2.05) is 18.3 Å². The van der Waals surface area contributed by atoms with Crippen molar-refractivity contribution in [2.24, 2.45) is 5.92 Å². The van der Waals surface area contributed by atoms with Gasteiger partial charge in [-0.1, -0.05) is 0 Å². The quantitative estimate of drug-likeness (QED) is 0.764. The van der Waals surface area contributed by atoms with Gasteiger partial charge in [0.2, 0.25) is 0 Å². The zero-order valence-electron chi connectivity index (χ0n) is 7.73. The number of fused-ring (bicyclic) bond motifs is 1. The number of imidazole rings is 1. The third kappa shape index (κ3) is 1.26. The van der Waals surface area contributed by atoms with Crippen LogP contribution in [0.2, 0.25) is 0 Å². The monoisotopic (exact) mass is 205 g/mol. The van der Waals surface area contributed by atoms with Gasteiger partial charge in [-0.3, -0.25) is 0 Å². The van der Waals surface area contributed by atoms with Crippen LogP contribution in [0.25, 0.3) is 11.2 Å². The molecule has 2 aromatic rings. The minimum absolute atomic E-state index is 0.797. The Morgan fingerprint density at radius 2 is 2.43 bits per heavy atom. The van der Waals surface area contributed by atoms with Crippen molar-refractivity contribution in [1.82, 2.24) is 14.5 Å². The maximum Gasteiger partial charge on any atom is 0.179 e. The fraction of sp³-hybridized carbons (Fsp3) is 0.400. The van der Waals surface area contributed by atoms with Crippen LogP contribution >= 0.6 is 12.2 Å². The first-order chi connectivity index (χ1) is 6.84. The highest BCUT2D eigenvalue weighted by Gasteiger charge is 2.22. The summed E-state index contributed by atoms with van der Waals surface area (Å²) < 4.78 is 2.91. The van der Waals surface area contributed by atoms with Gasteiger partial charge in [0.15, 0.2) is 10.4 Å². The van der Waals surface area contributed by atoms with E-state index >= 15 is 0 Å². The van der Waals surface area contributed by atoms with Crippen molar-refractivity contribution in [3.63, 3.8) is 0 Å². The van der Waals surface area contributed by atoms with Crippen LogP contribution in [-0.2, 0) is 6.54 Å². The van der Waals surface area contributed by atoms with Gasteiger partial charge in [0.25, 0.3) is 0 Å². The number of pyridine rings is 1. The summed E-state index contributed by atoms with van der Waals surface area (Å²) in [5, 5.41) is 0. The van der Waals surface area contributed by atoms with Crippen LogP contribution in [0.1, 0.15) is 12.8 Å². The van der Waals surface area contributed by atoms with E-state index in [1.165, 1.54) is 12.8 Å². The van der Waals surface area contributed by atoms with Crippen LogP contribution < -0.4 is 0 Å². The molecule has 0 atom stereocenters. The lowest BCUT2D eigenvalue weighted by Gasteiger charge is -2.00.